The molecule has 2 aromatic rings. The van der Waals surface area contributed by atoms with Crippen molar-refractivity contribution in [1.82, 2.24) is 0 Å². The van der Waals surface area contributed by atoms with Crippen molar-refractivity contribution in [3.63, 3.8) is 0 Å². The van der Waals surface area contributed by atoms with Gasteiger partial charge in [0.2, 0.25) is 6.08 Å². The normalized spacial score (nSPS) is 10.8. The smallest absolute Gasteiger partial charge is 0.261 e. The molecule has 0 aliphatic carbocycles. The zero-order chi connectivity index (χ0) is 15.5. The first-order chi connectivity index (χ1) is 9.92. The van der Waals surface area contributed by atoms with Crippen LogP contribution >= 0.6 is 0 Å². The Hall–Kier alpha value is -2.43. The van der Waals surface area contributed by atoms with Gasteiger partial charge in [0.1, 0.15) is 0 Å². The van der Waals surface area contributed by atoms with Gasteiger partial charge in [0.15, 0.2) is 0 Å². The number of benzene rings is 2. The first-order valence-corrected chi connectivity index (χ1v) is 7.54. The van der Waals surface area contributed by atoms with E-state index in [-0.39, 0.29) is 10.6 Å². The maximum Gasteiger partial charge on any atom is 0.261 e. The molecule has 0 bridgehead atoms. The summed E-state index contributed by atoms with van der Waals surface area (Å²) >= 11 is 0. The molecular formula is C15H13N2O3S. The summed E-state index contributed by atoms with van der Waals surface area (Å²) in [7, 11) is -3.76. The zero-order valence-corrected chi connectivity index (χ0v) is 12.1. The molecule has 0 saturated heterocycles. The number of anilines is 1. The highest BCUT2D eigenvalue weighted by Crippen LogP contribution is 2.24. The number of carbonyl (C=O) groups excluding carboxylic acids is 1. The summed E-state index contributed by atoms with van der Waals surface area (Å²) in [6, 6.07) is 11.1. The summed E-state index contributed by atoms with van der Waals surface area (Å²) < 4.78 is 27.1. The molecule has 0 aromatic heterocycles. The minimum atomic E-state index is -3.76. The number of rotatable bonds is 4. The molecule has 6 heteroatoms. The van der Waals surface area contributed by atoms with Gasteiger partial charge in [-0.2, -0.15) is 4.99 Å². The summed E-state index contributed by atoms with van der Waals surface area (Å²) in [4.78, 5) is 13.9. The Morgan fingerprint density at radius 1 is 1.19 bits per heavy atom. The average Bonchev–Trinajstić information content (AvgIpc) is 2.41. The van der Waals surface area contributed by atoms with Crippen LogP contribution in [0, 0.1) is 13.8 Å². The molecule has 5 nitrogen and oxygen atoms in total. The van der Waals surface area contributed by atoms with Crippen molar-refractivity contribution in [2.75, 3.05) is 4.72 Å². The summed E-state index contributed by atoms with van der Waals surface area (Å²) in [6.45, 7) is 5.47. The minimum Gasteiger partial charge on any atom is -0.280 e. The van der Waals surface area contributed by atoms with Crippen LogP contribution in [-0.4, -0.2) is 14.5 Å². The predicted octanol–water partition coefficient (Wildman–Crippen LogP) is 2.95. The highest BCUT2D eigenvalue weighted by molar-refractivity contribution is 7.92. The Bertz CT molecular complexity index is 823. The molecule has 0 amide bonds. The molecule has 2 aromatic carbocycles. The van der Waals surface area contributed by atoms with Gasteiger partial charge in [-0.25, -0.2) is 13.2 Å². The molecule has 0 saturated carbocycles. The Kier molecular flexibility index (Phi) is 4.21. The molecule has 0 heterocycles. The van der Waals surface area contributed by atoms with Crippen LogP contribution < -0.4 is 4.72 Å². The van der Waals surface area contributed by atoms with Gasteiger partial charge < -0.3 is 0 Å². The molecule has 21 heavy (non-hydrogen) atoms. The van der Waals surface area contributed by atoms with Gasteiger partial charge in [0.25, 0.3) is 10.0 Å². The molecule has 107 valence electrons. The first kappa shape index (κ1) is 15.0. The van der Waals surface area contributed by atoms with Gasteiger partial charge in [-0.05, 0) is 49.2 Å². The molecule has 0 aliphatic rings. The highest BCUT2D eigenvalue weighted by Gasteiger charge is 2.15. The summed E-state index contributed by atoms with van der Waals surface area (Å²) in [5.74, 6) is 0. The Balaban J connectivity index is 2.40. The second-order valence-corrected chi connectivity index (χ2v) is 6.14. The van der Waals surface area contributed by atoms with Crippen molar-refractivity contribution in [2.24, 2.45) is 4.99 Å². The Labute approximate surface area is 123 Å². The summed E-state index contributed by atoms with van der Waals surface area (Å²) in [5, 5.41) is 0. The molecule has 1 radical (unpaired) electrons. The van der Waals surface area contributed by atoms with E-state index >= 15 is 0 Å². The van der Waals surface area contributed by atoms with Crippen LogP contribution in [-0.2, 0) is 14.8 Å². The van der Waals surface area contributed by atoms with E-state index in [4.69, 9.17) is 0 Å². The van der Waals surface area contributed by atoms with E-state index in [2.05, 4.69) is 16.6 Å². The number of nitrogens with one attached hydrogen (secondary N) is 1. The number of sulfonamides is 1. The third kappa shape index (κ3) is 3.56. The number of hydrogen-bond acceptors (Lipinski definition) is 4. The van der Waals surface area contributed by atoms with Crippen molar-refractivity contribution in [3.8, 4) is 0 Å². The van der Waals surface area contributed by atoms with Crippen LogP contribution in [0.4, 0.5) is 11.4 Å². The second-order valence-electron chi connectivity index (χ2n) is 4.46. The third-order valence-electron chi connectivity index (χ3n) is 2.84. The third-order valence-corrected chi connectivity index (χ3v) is 4.22. The summed E-state index contributed by atoms with van der Waals surface area (Å²) in [6.07, 6.45) is 1.41. The second kappa shape index (κ2) is 5.91. The molecule has 0 spiro atoms. The van der Waals surface area contributed by atoms with Gasteiger partial charge in [0, 0.05) is 5.69 Å². The van der Waals surface area contributed by atoms with Gasteiger partial charge in [-0.1, -0.05) is 18.2 Å². The monoisotopic (exact) mass is 301 g/mol. The standard InChI is InChI=1S/C15H13N2O3S/c1-11-4-3-5-13(8-11)17-21(19,20)14-7-6-12(2)15(9-14)16-10-18/h3-9,17H,1H2,2H3. The van der Waals surface area contributed by atoms with Crippen LogP contribution in [0.1, 0.15) is 11.1 Å². The fraction of sp³-hybridized carbons (Fsp3) is 0.0667. The van der Waals surface area contributed by atoms with Crippen molar-refractivity contribution in [2.45, 2.75) is 11.8 Å². The lowest BCUT2D eigenvalue weighted by atomic mass is 10.2. The fourth-order valence-corrected chi connectivity index (χ4v) is 2.84. The van der Waals surface area contributed by atoms with E-state index in [1.54, 1.807) is 37.3 Å². The van der Waals surface area contributed by atoms with Crippen LogP contribution in [0.25, 0.3) is 0 Å². The van der Waals surface area contributed by atoms with E-state index in [1.807, 2.05) is 0 Å². The van der Waals surface area contributed by atoms with Crippen LogP contribution in [0.5, 0.6) is 0 Å². The van der Waals surface area contributed by atoms with Crippen molar-refractivity contribution in [1.29, 1.82) is 0 Å². The van der Waals surface area contributed by atoms with E-state index < -0.39 is 10.0 Å². The van der Waals surface area contributed by atoms with Crippen molar-refractivity contribution in [3.05, 3.63) is 60.5 Å². The number of aliphatic imine (C=N–C) groups is 1. The largest absolute Gasteiger partial charge is 0.280 e. The molecule has 0 fully saturated rings. The van der Waals surface area contributed by atoms with E-state index in [1.165, 1.54) is 18.2 Å². The number of aryl methyl sites for hydroxylation is 1. The number of hydrogen-bond donors (Lipinski definition) is 1. The average molecular weight is 301 g/mol. The lowest BCUT2D eigenvalue weighted by Gasteiger charge is -2.09. The minimum absolute atomic E-state index is 0.0246. The molecular weight excluding hydrogens is 288 g/mol. The number of isocyanates is 1. The SMILES string of the molecule is [CH2]c1cccc(NS(=O)(=O)c2ccc(C)c(N=C=O)c2)c1. The number of nitrogens with zero attached hydrogens (tertiary/aromatic N) is 1. The van der Waals surface area contributed by atoms with Gasteiger partial charge in [0.05, 0.1) is 10.6 Å². The maximum atomic E-state index is 12.3. The summed E-state index contributed by atoms with van der Waals surface area (Å²) in [5.41, 5.74) is 2.09. The van der Waals surface area contributed by atoms with Crippen molar-refractivity contribution >= 4 is 27.5 Å². The van der Waals surface area contributed by atoms with E-state index in [9.17, 15) is 13.2 Å². The molecule has 2 rings (SSSR count). The Morgan fingerprint density at radius 3 is 2.62 bits per heavy atom. The molecule has 0 unspecified atom stereocenters. The van der Waals surface area contributed by atoms with Gasteiger partial charge in [-0.3, -0.25) is 4.72 Å². The topological polar surface area (TPSA) is 75.6 Å². The fourth-order valence-electron chi connectivity index (χ4n) is 1.77. The van der Waals surface area contributed by atoms with Gasteiger partial charge in [-0.15, -0.1) is 0 Å². The first-order valence-electron chi connectivity index (χ1n) is 6.06. The maximum absolute atomic E-state index is 12.3. The lowest BCUT2D eigenvalue weighted by molar-refractivity contribution is 0.565. The van der Waals surface area contributed by atoms with E-state index in [0.717, 1.165) is 0 Å². The molecule has 0 atom stereocenters. The van der Waals surface area contributed by atoms with Crippen LogP contribution in [0.3, 0.4) is 0 Å². The van der Waals surface area contributed by atoms with Crippen LogP contribution in [0.15, 0.2) is 52.4 Å². The predicted molar refractivity (Wildman–Crippen MR) is 80.7 cm³/mol. The lowest BCUT2D eigenvalue weighted by Crippen LogP contribution is -2.13. The quantitative estimate of drug-likeness (QED) is 0.697. The van der Waals surface area contributed by atoms with Crippen molar-refractivity contribution < 1.29 is 13.2 Å². The molecule has 1 N–H and O–H groups in total. The van der Waals surface area contributed by atoms with Crippen LogP contribution in [0.2, 0.25) is 0 Å². The zero-order valence-electron chi connectivity index (χ0n) is 11.3. The Morgan fingerprint density at radius 2 is 1.95 bits per heavy atom. The van der Waals surface area contributed by atoms with E-state index in [0.29, 0.717) is 16.8 Å². The molecule has 0 aliphatic heterocycles. The highest BCUT2D eigenvalue weighted by atomic mass is 32.2. The van der Waals surface area contributed by atoms with Gasteiger partial charge >= 0.3 is 0 Å².